The molecule has 1 aromatic carbocycles. The zero-order valence-electron chi connectivity index (χ0n) is 6.88. The lowest BCUT2D eigenvalue weighted by Gasteiger charge is -2.00. The Labute approximate surface area is 74.5 Å². The first-order valence-corrected chi connectivity index (χ1v) is 3.86. The van der Waals surface area contributed by atoms with Gasteiger partial charge in [0.25, 0.3) is 0 Å². The van der Waals surface area contributed by atoms with Gasteiger partial charge in [0, 0.05) is 5.39 Å². The van der Waals surface area contributed by atoms with E-state index in [-0.39, 0.29) is 0 Å². The van der Waals surface area contributed by atoms with Gasteiger partial charge in [-0.1, -0.05) is 24.3 Å². The highest BCUT2D eigenvalue weighted by molar-refractivity contribution is 5.81. The van der Waals surface area contributed by atoms with Crippen LogP contribution in [0.4, 0.5) is 0 Å². The van der Waals surface area contributed by atoms with E-state index in [1.807, 2.05) is 24.3 Å². The Morgan fingerprint density at radius 1 is 1.23 bits per heavy atom. The minimum atomic E-state index is 0.332. The lowest BCUT2D eigenvalue weighted by Crippen LogP contribution is -2.19. The molecule has 0 unspecified atom stereocenters. The lowest BCUT2D eigenvalue weighted by atomic mass is 10.2. The van der Waals surface area contributed by atoms with Crippen molar-refractivity contribution >= 4 is 10.8 Å². The van der Waals surface area contributed by atoms with Gasteiger partial charge in [-0.05, 0) is 11.5 Å². The molecule has 0 amide bonds. The third kappa shape index (κ3) is 1.22. The number of fused-ring (bicyclic) bond motifs is 1. The molecule has 0 aliphatic rings. The molecule has 1 aromatic heterocycles. The van der Waals surface area contributed by atoms with Crippen molar-refractivity contribution in [2.24, 2.45) is 10.9 Å². The highest BCUT2D eigenvalue weighted by atomic mass is 16.5. The smallest absolute Gasteiger partial charge is 0.187 e. The van der Waals surface area contributed by atoms with Crippen LogP contribution in [0, 0.1) is 0 Å². The third-order valence-electron chi connectivity index (χ3n) is 1.91. The second-order valence-corrected chi connectivity index (χ2v) is 2.73. The highest BCUT2D eigenvalue weighted by Gasteiger charge is 1.94. The van der Waals surface area contributed by atoms with Crippen LogP contribution in [0.2, 0.25) is 0 Å². The molecule has 4 nitrogen and oxygen atoms in total. The zero-order chi connectivity index (χ0) is 9.26. The summed E-state index contributed by atoms with van der Waals surface area (Å²) in [5, 5.41) is 14.7. The molecule has 0 saturated carbocycles. The summed E-state index contributed by atoms with van der Waals surface area (Å²) in [5.74, 6) is 5.09. The van der Waals surface area contributed by atoms with Gasteiger partial charge in [-0.2, -0.15) is 9.83 Å². The summed E-state index contributed by atoms with van der Waals surface area (Å²) in [6.07, 6.45) is 1.57. The van der Waals surface area contributed by atoms with Gasteiger partial charge in [-0.25, -0.2) is 0 Å². The molecular weight excluding hydrogens is 166 g/mol. The fourth-order valence-electron chi connectivity index (χ4n) is 1.26. The van der Waals surface area contributed by atoms with E-state index in [9.17, 15) is 5.21 Å². The molecule has 0 spiro atoms. The Balaban J connectivity index is 2.90. The van der Waals surface area contributed by atoms with Crippen LogP contribution in [-0.4, -0.2) is 9.94 Å². The van der Waals surface area contributed by atoms with E-state index in [0.717, 1.165) is 15.5 Å². The number of rotatable bonds is 0. The van der Waals surface area contributed by atoms with E-state index in [4.69, 9.17) is 5.84 Å². The largest absolute Gasteiger partial charge is 0.427 e. The summed E-state index contributed by atoms with van der Waals surface area (Å²) in [6, 6.07) is 9.38. The van der Waals surface area contributed by atoms with Gasteiger partial charge in [-0.3, -0.25) is 0 Å². The van der Waals surface area contributed by atoms with E-state index >= 15 is 0 Å². The highest BCUT2D eigenvalue weighted by Crippen LogP contribution is 2.08. The van der Waals surface area contributed by atoms with Crippen molar-refractivity contribution < 1.29 is 5.21 Å². The molecule has 3 N–H and O–H groups in total. The maximum Gasteiger partial charge on any atom is 0.187 e. The molecule has 0 aliphatic heterocycles. The number of benzene rings is 1. The van der Waals surface area contributed by atoms with Crippen LogP contribution in [0.5, 0.6) is 0 Å². The predicted octanol–water partition coefficient (Wildman–Crippen LogP) is 0.653. The summed E-state index contributed by atoms with van der Waals surface area (Å²) in [6.45, 7) is 0. The van der Waals surface area contributed by atoms with E-state index in [1.54, 1.807) is 12.3 Å². The standard InChI is InChI=1S/C9H9N3O/c10-11-9-5-7-3-1-2-4-8(7)6-12(9)13/h1-6,13H,10H2. The van der Waals surface area contributed by atoms with Crippen molar-refractivity contribution in [1.82, 2.24) is 4.73 Å². The van der Waals surface area contributed by atoms with Crippen LogP contribution < -0.4 is 11.3 Å². The average molecular weight is 175 g/mol. The number of nitrogens with zero attached hydrogens (tertiary/aromatic N) is 2. The van der Waals surface area contributed by atoms with Gasteiger partial charge >= 0.3 is 0 Å². The van der Waals surface area contributed by atoms with Gasteiger partial charge in [-0.15, -0.1) is 0 Å². The number of hydrogen-bond donors (Lipinski definition) is 2. The third-order valence-corrected chi connectivity index (χ3v) is 1.91. The second kappa shape index (κ2) is 2.82. The number of nitrogens with two attached hydrogens (primary N) is 1. The van der Waals surface area contributed by atoms with Gasteiger partial charge < -0.3 is 11.0 Å². The van der Waals surface area contributed by atoms with Gasteiger partial charge in [0.1, 0.15) is 0 Å². The lowest BCUT2D eigenvalue weighted by molar-refractivity contribution is 0.173. The van der Waals surface area contributed by atoms with E-state index in [2.05, 4.69) is 5.10 Å². The van der Waals surface area contributed by atoms with Crippen LogP contribution >= 0.6 is 0 Å². The molecule has 66 valence electrons. The predicted molar refractivity (Wildman–Crippen MR) is 48.9 cm³/mol. The maximum absolute atomic E-state index is 9.35. The molecule has 2 aromatic rings. The van der Waals surface area contributed by atoms with Crippen molar-refractivity contribution in [3.05, 3.63) is 42.0 Å². The first-order chi connectivity index (χ1) is 6.31. The van der Waals surface area contributed by atoms with Crippen LogP contribution in [0.1, 0.15) is 0 Å². The number of pyridine rings is 1. The first kappa shape index (κ1) is 7.67. The van der Waals surface area contributed by atoms with Crippen molar-refractivity contribution in [2.45, 2.75) is 0 Å². The SMILES string of the molecule is NN=c1cc2ccccc2cn1O. The topological polar surface area (TPSA) is 63.5 Å². The minimum Gasteiger partial charge on any atom is -0.427 e. The van der Waals surface area contributed by atoms with Crippen LogP contribution in [-0.2, 0) is 0 Å². The normalized spacial score (nSPS) is 12.2. The number of aromatic nitrogens is 1. The molecule has 0 atom stereocenters. The van der Waals surface area contributed by atoms with Gasteiger partial charge in [0.2, 0.25) is 0 Å². The summed E-state index contributed by atoms with van der Waals surface area (Å²) in [7, 11) is 0. The molecule has 2 rings (SSSR count). The molecule has 1 heterocycles. The summed E-state index contributed by atoms with van der Waals surface area (Å²) >= 11 is 0. The molecule has 0 saturated heterocycles. The summed E-state index contributed by atoms with van der Waals surface area (Å²) < 4.78 is 0.905. The summed E-state index contributed by atoms with van der Waals surface area (Å²) in [5.41, 5.74) is 0.332. The van der Waals surface area contributed by atoms with Crippen LogP contribution in [0.25, 0.3) is 10.8 Å². The van der Waals surface area contributed by atoms with Gasteiger partial charge in [0.15, 0.2) is 5.49 Å². The van der Waals surface area contributed by atoms with Gasteiger partial charge in [0.05, 0.1) is 6.20 Å². The fourth-order valence-corrected chi connectivity index (χ4v) is 1.26. The Bertz CT molecular complexity index is 501. The monoisotopic (exact) mass is 175 g/mol. The molecule has 0 aliphatic carbocycles. The maximum atomic E-state index is 9.35. The fraction of sp³-hybridized carbons (Fsp3) is 0. The zero-order valence-corrected chi connectivity index (χ0v) is 6.88. The average Bonchev–Trinajstić information content (AvgIpc) is 2.17. The van der Waals surface area contributed by atoms with Crippen LogP contribution in [0.3, 0.4) is 0 Å². The summed E-state index contributed by atoms with van der Waals surface area (Å²) in [4.78, 5) is 0. The quantitative estimate of drug-likeness (QED) is 0.351. The Morgan fingerprint density at radius 3 is 2.62 bits per heavy atom. The second-order valence-electron chi connectivity index (χ2n) is 2.73. The molecule has 13 heavy (non-hydrogen) atoms. The van der Waals surface area contributed by atoms with Crippen molar-refractivity contribution in [2.75, 3.05) is 0 Å². The molecular formula is C9H9N3O. The molecule has 0 fully saturated rings. The van der Waals surface area contributed by atoms with E-state index in [1.165, 1.54) is 0 Å². The Kier molecular flexibility index (Phi) is 1.66. The van der Waals surface area contributed by atoms with E-state index in [0.29, 0.717) is 5.49 Å². The van der Waals surface area contributed by atoms with Crippen molar-refractivity contribution in [1.29, 1.82) is 0 Å². The Hall–Kier alpha value is -1.97. The van der Waals surface area contributed by atoms with Crippen molar-refractivity contribution in [3.8, 4) is 0 Å². The Morgan fingerprint density at radius 2 is 1.92 bits per heavy atom. The minimum absolute atomic E-state index is 0.332. The molecule has 4 heteroatoms. The van der Waals surface area contributed by atoms with Crippen LogP contribution in [0.15, 0.2) is 41.6 Å². The molecule has 0 bridgehead atoms. The van der Waals surface area contributed by atoms with E-state index < -0.39 is 0 Å². The first-order valence-electron chi connectivity index (χ1n) is 3.86. The molecule has 0 radical (unpaired) electrons. The number of hydrogen-bond acceptors (Lipinski definition) is 3. The van der Waals surface area contributed by atoms with Crippen molar-refractivity contribution in [3.63, 3.8) is 0 Å².